The summed E-state index contributed by atoms with van der Waals surface area (Å²) in [6.45, 7) is 9.52. The molecule has 1 aliphatic rings. The first kappa shape index (κ1) is 18.7. The van der Waals surface area contributed by atoms with E-state index in [2.05, 4.69) is 41.4 Å². The van der Waals surface area contributed by atoms with E-state index in [1.807, 2.05) is 26.0 Å². The summed E-state index contributed by atoms with van der Waals surface area (Å²) in [5, 5.41) is 3.08. The monoisotopic (exact) mass is 350 g/mol. The van der Waals surface area contributed by atoms with Gasteiger partial charge in [-0.1, -0.05) is 42.7 Å². The van der Waals surface area contributed by atoms with Gasteiger partial charge in [-0.25, -0.2) is 0 Å². The quantitative estimate of drug-likeness (QED) is 0.818. The topological polar surface area (TPSA) is 32.3 Å². The lowest BCUT2D eigenvalue weighted by atomic mass is 10.0. The summed E-state index contributed by atoms with van der Waals surface area (Å²) in [5.74, 6) is -0.0404. The zero-order chi connectivity index (χ0) is 18.5. The Bertz CT molecular complexity index is 733. The van der Waals surface area contributed by atoms with Crippen LogP contribution in [-0.2, 0) is 6.54 Å². The molecule has 1 N–H and O–H groups in total. The lowest BCUT2D eigenvalue weighted by molar-refractivity contribution is 0.102. The van der Waals surface area contributed by atoms with E-state index in [1.165, 1.54) is 49.9 Å². The number of aryl methyl sites for hydroxylation is 3. The van der Waals surface area contributed by atoms with Crippen molar-refractivity contribution in [1.29, 1.82) is 0 Å². The second-order valence-corrected chi connectivity index (χ2v) is 7.62. The van der Waals surface area contributed by atoms with Gasteiger partial charge in [-0.2, -0.15) is 0 Å². The Morgan fingerprint density at radius 3 is 2.08 bits per heavy atom. The van der Waals surface area contributed by atoms with Crippen LogP contribution in [0.1, 0.15) is 58.3 Å². The van der Waals surface area contributed by atoms with Gasteiger partial charge in [0.25, 0.3) is 5.91 Å². The lowest BCUT2D eigenvalue weighted by Crippen LogP contribution is -2.24. The average molecular weight is 351 g/mol. The van der Waals surface area contributed by atoms with Gasteiger partial charge in [0.2, 0.25) is 0 Å². The molecule has 0 aliphatic carbocycles. The third-order valence-electron chi connectivity index (χ3n) is 5.24. The van der Waals surface area contributed by atoms with Gasteiger partial charge in [0.15, 0.2) is 0 Å². The number of likely N-dealkylation sites (tertiary alicyclic amines) is 1. The van der Waals surface area contributed by atoms with Gasteiger partial charge in [-0.3, -0.25) is 9.69 Å². The minimum atomic E-state index is -0.0404. The molecule has 0 bridgehead atoms. The molecule has 138 valence electrons. The van der Waals surface area contributed by atoms with Crippen molar-refractivity contribution >= 4 is 11.6 Å². The molecule has 2 aromatic carbocycles. The maximum atomic E-state index is 12.6. The van der Waals surface area contributed by atoms with Crippen molar-refractivity contribution in [2.75, 3.05) is 18.4 Å². The van der Waals surface area contributed by atoms with Gasteiger partial charge in [0, 0.05) is 17.8 Å². The Hall–Kier alpha value is -2.13. The standard InChI is InChI=1S/C23H30N2O/c1-17-14-18(2)22(19(3)15-17)24-23(26)21-10-8-20(9-11-21)16-25-12-6-4-5-7-13-25/h8-11,14-15H,4-7,12-13,16H2,1-3H3,(H,24,26). The maximum absolute atomic E-state index is 12.6. The van der Waals surface area contributed by atoms with Crippen LogP contribution in [0.3, 0.4) is 0 Å². The Labute approximate surface area is 157 Å². The highest BCUT2D eigenvalue weighted by atomic mass is 16.1. The second kappa shape index (κ2) is 8.50. The first-order valence-electron chi connectivity index (χ1n) is 9.73. The number of hydrogen-bond donors (Lipinski definition) is 1. The van der Waals surface area contributed by atoms with Crippen LogP contribution in [0, 0.1) is 20.8 Å². The summed E-state index contributed by atoms with van der Waals surface area (Å²) >= 11 is 0. The zero-order valence-electron chi connectivity index (χ0n) is 16.3. The van der Waals surface area contributed by atoms with Crippen LogP contribution >= 0.6 is 0 Å². The molecular weight excluding hydrogens is 320 g/mol. The van der Waals surface area contributed by atoms with Gasteiger partial charge < -0.3 is 5.32 Å². The highest BCUT2D eigenvalue weighted by Crippen LogP contribution is 2.23. The third-order valence-corrected chi connectivity index (χ3v) is 5.24. The SMILES string of the molecule is Cc1cc(C)c(NC(=O)c2ccc(CN3CCCCCC3)cc2)c(C)c1. The molecule has 26 heavy (non-hydrogen) atoms. The summed E-state index contributed by atoms with van der Waals surface area (Å²) < 4.78 is 0. The zero-order valence-corrected chi connectivity index (χ0v) is 16.3. The van der Waals surface area contributed by atoms with Crippen molar-refractivity contribution in [2.45, 2.75) is 53.0 Å². The van der Waals surface area contributed by atoms with Gasteiger partial charge in [0.05, 0.1) is 0 Å². The van der Waals surface area contributed by atoms with Crippen LogP contribution in [0.5, 0.6) is 0 Å². The van der Waals surface area contributed by atoms with E-state index in [-0.39, 0.29) is 5.91 Å². The normalized spacial score (nSPS) is 15.5. The Morgan fingerprint density at radius 1 is 0.923 bits per heavy atom. The molecular formula is C23H30N2O. The number of carbonyl (C=O) groups is 1. The molecule has 0 radical (unpaired) electrons. The summed E-state index contributed by atoms with van der Waals surface area (Å²) in [4.78, 5) is 15.2. The van der Waals surface area contributed by atoms with Crippen molar-refractivity contribution in [3.05, 3.63) is 64.2 Å². The summed E-state index contributed by atoms with van der Waals surface area (Å²) in [6.07, 6.45) is 5.31. The molecule has 0 saturated carbocycles. The number of rotatable bonds is 4. The molecule has 3 rings (SSSR count). The highest BCUT2D eigenvalue weighted by molar-refractivity contribution is 6.05. The molecule has 3 heteroatoms. The Kier molecular flexibility index (Phi) is 6.10. The van der Waals surface area contributed by atoms with Crippen molar-refractivity contribution in [1.82, 2.24) is 4.90 Å². The fourth-order valence-electron chi connectivity index (χ4n) is 3.88. The van der Waals surface area contributed by atoms with Crippen LogP contribution in [0.15, 0.2) is 36.4 Å². The molecule has 3 nitrogen and oxygen atoms in total. The second-order valence-electron chi connectivity index (χ2n) is 7.62. The fraction of sp³-hybridized carbons (Fsp3) is 0.435. The van der Waals surface area contributed by atoms with E-state index in [0.29, 0.717) is 5.56 Å². The molecule has 1 heterocycles. The predicted molar refractivity (Wildman–Crippen MR) is 109 cm³/mol. The lowest BCUT2D eigenvalue weighted by Gasteiger charge is -2.19. The number of amides is 1. The first-order valence-corrected chi connectivity index (χ1v) is 9.73. The van der Waals surface area contributed by atoms with Crippen LogP contribution in [0.4, 0.5) is 5.69 Å². The van der Waals surface area contributed by atoms with Crippen molar-refractivity contribution in [3.63, 3.8) is 0 Å². The molecule has 0 atom stereocenters. The predicted octanol–water partition coefficient (Wildman–Crippen LogP) is 5.24. The Balaban J connectivity index is 1.65. The van der Waals surface area contributed by atoms with E-state index < -0.39 is 0 Å². The molecule has 1 fully saturated rings. The van der Waals surface area contributed by atoms with Gasteiger partial charge in [-0.05, 0) is 75.5 Å². The summed E-state index contributed by atoms with van der Waals surface area (Å²) in [7, 11) is 0. The summed E-state index contributed by atoms with van der Waals surface area (Å²) in [5.41, 5.74) is 6.35. The minimum absolute atomic E-state index is 0.0404. The van der Waals surface area contributed by atoms with Gasteiger partial charge >= 0.3 is 0 Å². The number of nitrogens with zero attached hydrogens (tertiary/aromatic N) is 1. The van der Waals surface area contributed by atoms with E-state index in [1.54, 1.807) is 0 Å². The molecule has 0 spiro atoms. The van der Waals surface area contributed by atoms with Crippen LogP contribution in [-0.4, -0.2) is 23.9 Å². The van der Waals surface area contributed by atoms with E-state index in [0.717, 1.165) is 23.4 Å². The van der Waals surface area contributed by atoms with Crippen LogP contribution < -0.4 is 5.32 Å². The molecule has 0 aromatic heterocycles. The number of benzene rings is 2. The average Bonchev–Trinajstić information content (AvgIpc) is 2.87. The van der Waals surface area contributed by atoms with Gasteiger partial charge in [-0.15, -0.1) is 0 Å². The largest absolute Gasteiger partial charge is 0.322 e. The van der Waals surface area contributed by atoms with E-state index >= 15 is 0 Å². The molecule has 1 saturated heterocycles. The Morgan fingerprint density at radius 2 is 1.50 bits per heavy atom. The van der Waals surface area contributed by atoms with Crippen molar-refractivity contribution in [3.8, 4) is 0 Å². The number of anilines is 1. The molecule has 1 amide bonds. The number of hydrogen-bond acceptors (Lipinski definition) is 2. The van der Waals surface area contributed by atoms with E-state index in [4.69, 9.17) is 0 Å². The van der Waals surface area contributed by atoms with Crippen LogP contribution in [0.2, 0.25) is 0 Å². The third kappa shape index (κ3) is 4.73. The minimum Gasteiger partial charge on any atom is -0.322 e. The van der Waals surface area contributed by atoms with Crippen molar-refractivity contribution in [2.24, 2.45) is 0 Å². The van der Waals surface area contributed by atoms with Crippen LogP contribution in [0.25, 0.3) is 0 Å². The van der Waals surface area contributed by atoms with Crippen molar-refractivity contribution < 1.29 is 4.79 Å². The number of carbonyl (C=O) groups excluding carboxylic acids is 1. The van der Waals surface area contributed by atoms with E-state index in [9.17, 15) is 4.79 Å². The smallest absolute Gasteiger partial charge is 0.255 e. The first-order chi connectivity index (χ1) is 12.5. The maximum Gasteiger partial charge on any atom is 0.255 e. The van der Waals surface area contributed by atoms with Gasteiger partial charge in [0.1, 0.15) is 0 Å². The molecule has 1 aliphatic heterocycles. The fourth-order valence-corrected chi connectivity index (χ4v) is 3.88. The molecule has 2 aromatic rings. The number of nitrogens with one attached hydrogen (secondary N) is 1. The highest BCUT2D eigenvalue weighted by Gasteiger charge is 2.12. The molecule has 0 unspecified atom stereocenters. The summed E-state index contributed by atoms with van der Waals surface area (Å²) in [6, 6.07) is 12.3.